The number of aliphatic hydroxyl groups is 1. The van der Waals surface area contributed by atoms with E-state index in [1.807, 2.05) is 27.2 Å². The van der Waals surface area contributed by atoms with Crippen LogP contribution >= 0.6 is 7.82 Å². The maximum absolute atomic E-state index is 13.0. The van der Waals surface area contributed by atoms with Gasteiger partial charge in [-0.25, -0.2) is 4.57 Å². The molecule has 9 heteroatoms. The minimum atomic E-state index is -4.37. The van der Waals surface area contributed by atoms with E-state index in [2.05, 4.69) is 129 Å². The molecule has 0 aliphatic rings. The molecule has 0 aromatic heterocycles. The van der Waals surface area contributed by atoms with Crippen LogP contribution in [0.1, 0.15) is 213 Å². The van der Waals surface area contributed by atoms with Crippen LogP contribution in [0.2, 0.25) is 0 Å². The number of carbonyl (C=O) groups excluding carboxylic acids is 1. The molecule has 0 radical (unpaired) electrons. The van der Waals surface area contributed by atoms with Gasteiger partial charge >= 0.3 is 7.82 Å². The summed E-state index contributed by atoms with van der Waals surface area (Å²) in [6.07, 6.45) is 77.2. The van der Waals surface area contributed by atoms with Crippen molar-refractivity contribution in [1.82, 2.24) is 5.32 Å². The van der Waals surface area contributed by atoms with Gasteiger partial charge in [-0.15, -0.1) is 0 Å². The number of aliphatic hydroxyl groups excluding tert-OH is 1. The molecule has 8 nitrogen and oxygen atoms in total. The van der Waals surface area contributed by atoms with Crippen molar-refractivity contribution in [3.63, 3.8) is 0 Å². The fraction of sp³-hybridized carbons (Fsp3) is 0.661. The zero-order valence-corrected chi connectivity index (χ0v) is 47.1. The van der Waals surface area contributed by atoms with E-state index in [9.17, 15) is 19.4 Å². The van der Waals surface area contributed by atoms with Crippen molar-refractivity contribution in [2.75, 3.05) is 40.9 Å². The molecule has 0 spiro atoms. The van der Waals surface area contributed by atoms with Gasteiger partial charge in [0.2, 0.25) is 5.91 Å². The Morgan fingerprint density at radius 3 is 1.30 bits per heavy atom. The van der Waals surface area contributed by atoms with E-state index in [4.69, 9.17) is 9.05 Å². The zero-order valence-electron chi connectivity index (χ0n) is 46.2. The maximum Gasteiger partial charge on any atom is 0.472 e. The van der Waals surface area contributed by atoms with Gasteiger partial charge in [-0.2, -0.15) is 0 Å². The van der Waals surface area contributed by atoms with Crippen molar-refractivity contribution < 1.29 is 32.9 Å². The van der Waals surface area contributed by atoms with Gasteiger partial charge in [-0.05, 0) is 96.3 Å². The Kier molecular flexibility index (Phi) is 49.5. The third-order valence-electron chi connectivity index (χ3n) is 11.9. The van der Waals surface area contributed by atoms with Crippen LogP contribution in [-0.4, -0.2) is 73.4 Å². The van der Waals surface area contributed by atoms with Crippen molar-refractivity contribution in [2.24, 2.45) is 0 Å². The molecule has 0 saturated carbocycles. The second kappa shape index (κ2) is 51.8. The van der Waals surface area contributed by atoms with Crippen molar-refractivity contribution in [3.05, 3.63) is 122 Å². The number of unbranched alkanes of at least 4 members (excludes halogenated alkanes) is 19. The van der Waals surface area contributed by atoms with Crippen LogP contribution in [0.4, 0.5) is 0 Å². The minimum Gasteiger partial charge on any atom is -0.387 e. The Morgan fingerprint density at radius 1 is 0.493 bits per heavy atom. The fourth-order valence-electron chi connectivity index (χ4n) is 7.48. The molecule has 3 atom stereocenters. The van der Waals surface area contributed by atoms with Gasteiger partial charge in [0.25, 0.3) is 0 Å². The first-order valence-electron chi connectivity index (χ1n) is 28.4. The molecule has 0 fully saturated rings. The molecule has 0 rings (SSSR count). The summed E-state index contributed by atoms with van der Waals surface area (Å²) in [6, 6.07) is -0.881. The molecule has 0 saturated heterocycles. The number of hydrogen-bond acceptors (Lipinski definition) is 5. The van der Waals surface area contributed by atoms with Gasteiger partial charge in [-0.3, -0.25) is 13.8 Å². The Labute approximate surface area is 437 Å². The third-order valence-corrected chi connectivity index (χ3v) is 12.9. The van der Waals surface area contributed by atoms with E-state index >= 15 is 0 Å². The SMILES string of the molecule is CC/C=C\C/C=C\C/C=C\C/C=C\C/C=C\C/C=C\C/C=C\C/C=C\CCCCCCCCC(=O)NC(COP(=O)(O)OCC[N+](C)(C)C)C(O)/C=C/CC/C=C/CCCCCCCCCCCCCC. The third kappa shape index (κ3) is 54.5. The highest BCUT2D eigenvalue weighted by atomic mass is 31.2. The highest BCUT2D eigenvalue weighted by Crippen LogP contribution is 2.43. The smallest absolute Gasteiger partial charge is 0.387 e. The molecule has 1 amide bonds. The quantitative estimate of drug-likeness (QED) is 0.0243. The topological polar surface area (TPSA) is 105 Å². The van der Waals surface area contributed by atoms with E-state index in [-0.39, 0.29) is 19.1 Å². The Bertz CT molecular complexity index is 1560. The molecule has 0 aromatic rings. The number of hydrogen-bond donors (Lipinski definition) is 3. The van der Waals surface area contributed by atoms with E-state index in [0.717, 1.165) is 109 Å². The molecule has 0 aliphatic heterocycles. The van der Waals surface area contributed by atoms with Crippen LogP contribution in [0.5, 0.6) is 0 Å². The highest BCUT2D eigenvalue weighted by molar-refractivity contribution is 7.47. The first-order chi connectivity index (χ1) is 34.5. The van der Waals surface area contributed by atoms with Crippen LogP contribution < -0.4 is 5.32 Å². The fourth-order valence-corrected chi connectivity index (χ4v) is 8.22. The monoisotopic (exact) mass is 1010 g/mol. The Morgan fingerprint density at radius 2 is 0.859 bits per heavy atom. The summed E-state index contributed by atoms with van der Waals surface area (Å²) in [4.78, 5) is 23.3. The summed E-state index contributed by atoms with van der Waals surface area (Å²) in [5.41, 5.74) is 0. The number of nitrogens with one attached hydrogen (secondary N) is 1. The number of likely N-dealkylation sites (N-methyl/N-ethyl adjacent to an activating group) is 1. The second-order valence-corrected chi connectivity index (χ2v) is 21.4. The molecule has 71 heavy (non-hydrogen) atoms. The van der Waals surface area contributed by atoms with Gasteiger partial charge in [0.05, 0.1) is 39.9 Å². The first-order valence-corrected chi connectivity index (χ1v) is 29.9. The lowest BCUT2D eigenvalue weighted by atomic mass is 10.0. The first kappa shape index (κ1) is 67.9. The number of carbonyl (C=O) groups is 1. The van der Waals surface area contributed by atoms with Crippen molar-refractivity contribution in [3.8, 4) is 0 Å². The lowest BCUT2D eigenvalue weighted by molar-refractivity contribution is -0.870. The van der Waals surface area contributed by atoms with Crippen molar-refractivity contribution in [1.29, 1.82) is 0 Å². The standard InChI is InChI=1S/C62H107N2O6P/c1-6-8-10-12-14-16-18-20-22-24-26-27-28-29-30-31-32-33-34-35-36-37-38-40-42-44-46-48-50-52-54-56-62(66)63-60(59-70-71(67,68)69-58-57-64(3,4)5)61(65)55-53-51-49-47-45-43-41-39-25-23-21-19-17-15-13-11-9-7-2/h8,10,14,16,20,22,26-27,29-30,32-33,35-36,38,40,45,47,53,55,60-61,65H,6-7,9,11-13,15,17-19,21,23-25,28,31,34,37,39,41-44,46,48-52,54,56-59H2,1-5H3,(H-,63,66,67,68)/p+1/b10-8-,16-14-,22-20-,27-26-,30-29-,33-32-,36-35-,40-38-,47-45+,55-53+. The van der Waals surface area contributed by atoms with E-state index in [1.165, 1.54) is 83.5 Å². The molecule has 3 unspecified atom stereocenters. The summed E-state index contributed by atoms with van der Waals surface area (Å²) in [5.74, 6) is -0.206. The second-order valence-electron chi connectivity index (χ2n) is 19.9. The maximum atomic E-state index is 13.0. The lowest BCUT2D eigenvalue weighted by Gasteiger charge is -2.25. The van der Waals surface area contributed by atoms with Crippen LogP contribution in [0.3, 0.4) is 0 Å². The van der Waals surface area contributed by atoms with E-state index < -0.39 is 20.0 Å². The number of quaternary nitrogens is 1. The van der Waals surface area contributed by atoms with Crippen LogP contribution in [-0.2, 0) is 18.4 Å². The molecule has 0 bridgehead atoms. The van der Waals surface area contributed by atoms with Crippen LogP contribution in [0, 0.1) is 0 Å². The predicted molar refractivity (Wildman–Crippen MR) is 308 cm³/mol. The van der Waals surface area contributed by atoms with Gasteiger partial charge in [0.15, 0.2) is 0 Å². The summed E-state index contributed by atoms with van der Waals surface area (Å²) < 4.78 is 23.7. The molecular weight excluding hydrogens is 900 g/mol. The molecule has 0 aliphatic carbocycles. The summed E-state index contributed by atoms with van der Waals surface area (Å²) in [5, 5.41) is 13.9. The minimum absolute atomic E-state index is 0.0464. The number of allylic oxidation sites excluding steroid dienone is 19. The van der Waals surface area contributed by atoms with Gasteiger partial charge in [0.1, 0.15) is 13.2 Å². The summed E-state index contributed by atoms with van der Waals surface area (Å²) >= 11 is 0. The average molecular weight is 1010 g/mol. The zero-order chi connectivity index (χ0) is 52.0. The molecule has 3 N–H and O–H groups in total. The van der Waals surface area contributed by atoms with Crippen LogP contribution in [0.25, 0.3) is 0 Å². The number of phosphoric ester groups is 1. The van der Waals surface area contributed by atoms with E-state index in [0.29, 0.717) is 17.4 Å². The van der Waals surface area contributed by atoms with Crippen molar-refractivity contribution in [2.45, 2.75) is 225 Å². The summed E-state index contributed by atoms with van der Waals surface area (Å²) in [6.45, 7) is 4.66. The number of phosphoric acid groups is 1. The number of amides is 1. The Hall–Kier alpha value is -3.10. The number of nitrogens with zero attached hydrogens (tertiary/aromatic N) is 1. The average Bonchev–Trinajstić information content (AvgIpc) is 3.33. The highest BCUT2D eigenvalue weighted by Gasteiger charge is 2.27. The Balaban J connectivity index is 4.32. The molecule has 0 heterocycles. The van der Waals surface area contributed by atoms with Crippen molar-refractivity contribution >= 4 is 13.7 Å². The molecular formula is C62H108N2O6P+. The molecule has 0 aromatic carbocycles. The van der Waals surface area contributed by atoms with Gasteiger partial charge in [0, 0.05) is 6.42 Å². The van der Waals surface area contributed by atoms with E-state index in [1.54, 1.807) is 6.08 Å². The normalized spacial score (nSPS) is 14.9. The van der Waals surface area contributed by atoms with Gasteiger partial charge in [-0.1, -0.05) is 232 Å². The van der Waals surface area contributed by atoms with Crippen LogP contribution in [0.15, 0.2) is 122 Å². The lowest BCUT2D eigenvalue weighted by Crippen LogP contribution is -2.45. The molecule has 406 valence electrons. The largest absolute Gasteiger partial charge is 0.472 e. The summed E-state index contributed by atoms with van der Waals surface area (Å²) in [7, 11) is 1.53. The number of rotatable bonds is 50. The van der Waals surface area contributed by atoms with Gasteiger partial charge < -0.3 is 19.8 Å². The predicted octanol–water partition coefficient (Wildman–Crippen LogP) is 17.4.